The van der Waals surface area contributed by atoms with Gasteiger partial charge in [0.15, 0.2) is 0 Å². The molecule has 1 aromatic carbocycles. The number of nitrogens with two attached hydrogens (primary N) is 1. The molecular weight excluding hydrogens is 264 g/mol. The van der Waals surface area contributed by atoms with Crippen LogP contribution in [0, 0.1) is 6.92 Å². The number of nitrogens with zero attached hydrogens (tertiary/aromatic N) is 1. The van der Waals surface area contributed by atoms with Gasteiger partial charge in [0.1, 0.15) is 5.82 Å². The van der Waals surface area contributed by atoms with Crippen LogP contribution in [0.5, 0.6) is 0 Å². The van der Waals surface area contributed by atoms with Crippen molar-refractivity contribution in [1.29, 1.82) is 0 Å². The van der Waals surface area contributed by atoms with E-state index in [1.54, 1.807) is 38.4 Å². The number of aromatic nitrogens is 2. The fourth-order valence-electron chi connectivity index (χ4n) is 1.79. The van der Waals surface area contributed by atoms with E-state index < -0.39 is 16.1 Å². The first kappa shape index (κ1) is 13.6. The Bertz CT molecular complexity index is 665. The van der Waals surface area contributed by atoms with Gasteiger partial charge in [0.2, 0.25) is 10.0 Å². The lowest BCUT2D eigenvalue weighted by molar-refractivity contribution is 0.560. The average molecular weight is 280 g/mol. The van der Waals surface area contributed by atoms with E-state index in [0.29, 0.717) is 17.1 Å². The molecule has 0 spiro atoms. The molecular formula is C12H16N4O2S. The second-order valence-corrected chi connectivity index (χ2v) is 5.97. The highest BCUT2D eigenvalue weighted by Gasteiger charge is 2.21. The smallest absolute Gasteiger partial charge is 0.241 e. The summed E-state index contributed by atoms with van der Waals surface area (Å²) >= 11 is 0. The maximum absolute atomic E-state index is 12.3. The number of anilines is 1. The van der Waals surface area contributed by atoms with Crippen molar-refractivity contribution in [2.75, 3.05) is 5.73 Å². The summed E-state index contributed by atoms with van der Waals surface area (Å²) in [5, 5.41) is 0. The van der Waals surface area contributed by atoms with Crippen molar-refractivity contribution in [2.45, 2.75) is 24.8 Å². The SMILES string of the molecule is Cc1c(N)cccc1S(=O)(=O)NC(C)c1ncc[nH]1. The molecule has 1 atom stereocenters. The Kier molecular flexibility index (Phi) is 3.59. The third-order valence-corrected chi connectivity index (χ3v) is 4.56. The third kappa shape index (κ3) is 2.77. The molecule has 0 saturated heterocycles. The van der Waals surface area contributed by atoms with Crippen LogP contribution in [0.3, 0.4) is 0 Å². The molecule has 102 valence electrons. The maximum atomic E-state index is 12.3. The first-order chi connectivity index (χ1) is 8.92. The zero-order valence-electron chi connectivity index (χ0n) is 10.7. The van der Waals surface area contributed by atoms with E-state index in [1.165, 1.54) is 6.07 Å². The number of hydrogen-bond acceptors (Lipinski definition) is 4. The van der Waals surface area contributed by atoms with Gasteiger partial charge < -0.3 is 10.7 Å². The molecule has 0 radical (unpaired) electrons. The van der Waals surface area contributed by atoms with Crippen LogP contribution in [0.25, 0.3) is 0 Å². The molecule has 19 heavy (non-hydrogen) atoms. The number of H-pyrrole nitrogens is 1. The Morgan fingerprint density at radius 2 is 2.16 bits per heavy atom. The number of benzene rings is 1. The van der Waals surface area contributed by atoms with E-state index in [1.807, 2.05) is 0 Å². The van der Waals surface area contributed by atoms with Crippen molar-refractivity contribution >= 4 is 15.7 Å². The van der Waals surface area contributed by atoms with Gasteiger partial charge in [-0.15, -0.1) is 0 Å². The Balaban J connectivity index is 2.31. The van der Waals surface area contributed by atoms with Crippen molar-refractivity contribution in [2.24, 2.45) is 0 Å². The normalized spacial score (nSPS) is 13.4. The highest BCUT2D eigenvalue weighted by molar-refractivity contribution is 7.89. The number of sulfonamides is 1. The minimum absolute atomic E-state index is 0.186. The van der Waals surface area contributed by atoms with Crippen molar-refractivity contribution in [1.82, 2.24) is 14.7 Å². The van der Waals surface area contributed by atoms with Crippen LogP contribution in [-0.2, 0) is 10.0 Å². The largest absolute Gasteiger partial charge is 0.398 e. The zero-order chi connectivity index (χ0) is 14.0. The third-order valence-electron chi connectivity index (χ3n) is 2.88. The summed E-state index contributed by atoms with van der Waals surface area (Å²) in [5.74, 6) is 0.560. The molecule has 1 unspecified atom stereocenters. The van der Waals surface area contributed by atoms with Gasteiger partial charge >= 0.3 is 0 Å². The first-order valence-electron chi connectivity index (χ1n) is 5.78. The predicted octanol–water partition coefficient (Wildman–Crippen LogP) is 1.34. The van der Waals surface area contributed by atoms with Gasteiger partial charge in [0, 0.05) is 18.1 Å². The van der Waals surface area contributed by atoms with Crippen molar-refractivity contribution in [3.63, 3.8) is 0 Å². The van der Waals surface area contributed by atoms with Gasteiger partial charge in [-0.3, -0.25) is 0 Å². The molecule has 1 heterocycles. The lowest BCUT2D eigenvalue weighted by atomic mass is 10.2. The van der Waals surface area contributed by atoms with E-state index in [9.17, 15) is 8.42 Å². The summed E-state index contributed by atoms with van der Waals surface area (Å²) in [4.78, 5) is 7.09. The van der Waals surface area contributed by atoms with Crippen LogP contribution in [-0.4, -0.2) is 18.4 Å². The van der Waals surface area contributed by atoms with E-state index in [0.717, 1.165) is 0 Å². The summed E-state index contributed by atoms with van der Waals surface area (Å²) in [6.45, 7) is 3.40. The van der Waals surface area contributed by atoms with Gasteiger partial charge in [0.05, 0.1) is 10.9 Å². The molecule has 0 aliphatic rings. The molecule has 0 amide bonds. The van der Waals surface area contributed by atoms with Crippen molar-refractivity contribution in [3.8, 4) is 0 Å². The highest BCUT2D eigenvalue weighted by Crippen LogP contribution is 2.21. The predicted molar refractivity (Wildman–Crippen MR) is 72.9 cm³/mol. The number of nitrogen functional groups attached to an aromatic ring is 1. The quantitative estimate of drug-likeness (QED) is 0.736. The minimum Gasteiger partial charge on any atom is -0.398 e. The van der Waals surface area contributed by atoms with E-state index in [-0.39, 0.29) is 4.90 Å². The van der Waals surface area contributed by atoms with Gasteiger partial charge in [-0.1, -0.05) is 6.07 Å². The molecule has 0 saturated carbocycles. The highest BCUT2D eigenvalue weighted by atomic mass is 32.2. The minimum atomic E-state index is -3.63. The van der Waals surface area contributed by atoms with Gasteiger partial charge in [0.25, 0.3) is 0 Å². The summed E-state index contributed by atoms with van der Waals surface area (Å²) in [7, 11) is -3.63. The molecule has 0 bridgehead atoms. The van der Waals surface area contributed by atoms with Gasteiger partial charge in [-0.05, 0) is 31.5 Å². The van der Waals surface area contributed by atoms with Crippen LogP contribution >= 0.6 is 0 Å². The molecule has 2 rings (SSSR count). The summed E-state index contributed by atoms with van der Waals surface area (Å²) < 4.78 is 27.2. The fraction of sp³-hybridized carbons (Fsp3) is 0.250. The Labute approximate surface area is 112 Å². The number of imidazole rings is 1. The second kappa shape index (κ2) is 5.02. The van der Waals surface area contributed by atoms with Crippen molar-refractivity contribution < 1.29 is 8.42 Å². The van der Waals surface area contributed by atoms with Crippen LogP contribution in [0.15, 0.2) is 35.5 Å². The summed E-state index contributed by atoms with van der Waals surface area (Å²) in [6, 6.07) is 4.38. The molecule has 0 aliphatic heterocycles. The van der Waals surface area contributed by atoms with E-state index in [4.69, 9.17) is 5.73 Å². The molecule has 4 N–H and O–H groups in total. The standard InChI is InChI=1S/C12H16N4O2S/c1-8-10(13)4-3-5-11(8)19(17,18)16-9(2)12-14-6-7-15-12/h3-7,9,16H,13H2,1-2H3,(H,14,15). The van der Waals surface area contributed by atoms with Crippen LogP contribution in [0.4, 0.5) is 5.69 Å². The summed E-state index contributed by atoms with van der Waals surface area (Å²) in [5.41, 5.74) is 6.73. The second-order valence-electron chi connectivity index (χ2n) is 4.29. The fourth-order valence-corrected chi connectivity index (χ4v) is 3.27. The zero-order valence-corrected chi connectivity index (χ0v) is 11.5. The Hall–Kier alpha value is -1.86. The molecule has 0 aliphatic carbocycles. The molecule has 0 fully saturated rings. The monoisotopic (exact) mass is 280 g/mol. The van der Waals surface area contributed by atoms with Crippen LogP contribution < -0.4 is 10.5 Å². The lowest BCUT2D eigenvalue weighted by Gasteiger charge is -2.14. The maximum Gasteiger partial charge on any atom is 0.241 e. The van der Waals surface area contributed by atoms with E-state index in [2.05, 4.69) is 14.7 Å². The van der Waals surface area contributed by atoms with Crippen LogP contribution in [0.1, 0.15) is 24.4 Å². The number of rotatable bonds is 4. The first-order valence-corrected chi connectivity index (χ1v) is 7.27. The topological polar surface area (TPSA) is 101 Å². The molecule has 2 aromatic rings. The van der Waals surface area contributed by atoms with Crippen molar-refractivity contribution in [3.05, 3.63) is 42.0 Å². The average Bonchev–Trinajstić information content (AvgIpc) is 2.85. The van der Waals surface area contributed by atoms with Gasteiger partial charge in [-0.25, -0.2) is 18.1 Å². The van der Waals surface area contributed by atoms with Crippen LogP contribution in [0.2, 0.25) is 0 Å². The number of aromatic amines is 1. The molecule has 1 aromatic heterocycles. The Morgan fingerprint density at radius 1 is 1.42 bits per heavy atom. The number of nitrogens with one attached hydrogen (secondary N) is 2. The Morgan fingerprint density at radius 3 is 2.79 bits per heavy atom. The molecule has 6 nitrogen and oxygen atoms in total. The number of hydrogen-bond donors (Lipinski definition) is 3. The summed E-state index contributed by atoms with van der Waals surface area (Å²) in [6.07, 6.45) is 3.22. The van der Waals surface area contributed by atoms with Gasteiger partial charge in [-0.2, -0.15) is 0 Å². The van der Waals surface area contributed by atoms with E-state index >= 15 is 0 Å². The molecule has 7 heteroatoms. The lowest BCUT2D eigenvalue weighted by Crippen LogP contribution is -2.28.